The summed E-state index contributed by atoms with van der Waals surface area (Å²) in [4.78, 5) is 51.8. The van der Waals surface area contributed by atoms with Crippen LogP contribution >= 0.6 is 0 Å². The maximum Gasteiger partial charge on any atom is 0.408 e. The predicted molar refractivity (Wildman–Crippen MR) is 152 cm³/mol. The van der Waals surface area contributed by atoms with Crippen molar-refractivity contribution in [3.8, 4) is 17.0 Å². The van der Waals surface area contributed by atoms with Crippen molar-refractivity contribution in [2.75, 3.05) is 14.2 Å². The van der Waals surface area contributed by atoms with Gasteiger partial charge >= 0.3 is 6.09 Å². The van der Waals surface area contributed by atoms with Crippen molar-refractivity contribution in [2.45, 2.75) is 57.5 Å². The lowest BCUT2D eigenvalue weighted by Crippen LogP contribution is -2.54. The first kappa shape index (κ1) is 30.0. The Kier molecular flexibility index (Phi) is 10.1. The van der Waals surface area contributed by atoms with E-state index in [1.54, 1.807) is 29.1 Å². The van der Waals surface area contributed by atoms with Crippen LogP contribution in [0.3, 0.4) is 0 Å². The van der Waals surface area contributed by atoms with E-state index >= 15 is 0 Å². The summed E-state index contributed by atoms with van der Waals surface area (Å²) < 4.78 is 12.5. The van der Waals surface area contributed by atoms with E-state index in [9.17, 15) is 19.2 Å². The minimum absolute atomic E-state index is 0.0425. The van der Waals surface area contributed by atoms with Gasteiger partial charge in [0.05, 0.1) is 13.3 Å². The Hall–Kier alpha value is -4.94. The number of aromatic nitrogens is 3. The van der Waals surface area contributed by atoms with E-state index in [2.05, 4.69) is 31.6 Å². The highest BCUT2D eigenvalue weighted by Gasteiger charge is 2.29. The van der Waals surface area contributed by atoms with Crippen molar-refractivity contribution >= 4 is 23.8 Å². The molecule has 1 aliphatic heterocycles. The van der Waals surface area contributed by atoms with Crippen LogP contribution < -0.4 is 26.0 Å². The highest BCUT2D eigenvalue weighted by atomic mass is 16.5. The lowest BCUT2D eigenvalue weighted by molar-refractivity contribution is -0.132. The Morgan fingerprint density at radius 1 is 1.07 bits per heavy atom. The van der Waals surface area contributed by atoms with Gasteiger partial charge in [0, 0.05) is 19.2 Å². The largest absolute Gasteiger partial charge is 0.496 e. The summed E-state index contributed by atoms with van der Waals surface area (Å²) in [7, 11) is 2.99. The van der Waals surface area contributed by atoms with Gasteiger partial charge in [-0.05, 0) is 49.4 Å². The van der Waals surface area contributed by atoms with Gasteiger partial charge in [-0.2, -0.15) is 0 Å². The molecule has 42 heavy (non-hydrogen) atoms. The molecular formula is C29H35N7O6. The standard InChI is InChI=1S/C29H35N7O6/c1-18-26(37)33-25(28(39)30-2)20-12-13-24(41-3)21(15-20)23-16-36(35-34-23)14-8-7-11-22(27(38)31-18)32-29(40)42-17-19-9-5-4-6-10-19/h4-6,9-10,12-13,15-16,18,22,25H,7-8,11,14,17H2,1-3H3,(H,30,39)(H,31,38)(H,32,40)(H,33,37)/t18-,22+,25+/m1/s1. The zero-order valence-electron chi connectivity index (χ0n) is 23.8. The van der Waals surface area contributed by atoms with Gasteiger partial charge in [-0.3, -0.25) is 19.1 Å². The molecule has 3 aromatic rings. The number of nitrogens with zero attached hydrogens (tertiary/aromatic N) is 3. The molecule has 222 valence electrons. The van der Waals surface area contributed by atoms with E-state index in [0.717, 1.165) is 5.56 Å². The molecule has 1 aliphatic rings. The van der Waals surface area contributed by atoms with E-state index in [0.29, 0.717) is 42.0 Å². The summed E-state index contributed by atoms with van der Waals surface area (Å²) in [5.41, 5.74) is 2.42. The molecule has 0 unspecified atom stereocenters. The fraction of sp³-hybridized carbons (Fsp3) is 0.379. The molecule has 3 atom stereocenters. The van der Waals surface area contributed by atoms with Crippen LogP contribution in [0.1, 0.15) is 43.4 Å². The van der Waals surface area contributed by atoms with Crippen LogP contribution in [0.2, 0.25) is 0 Å². The minimum Gasteiger partial charge on any atom is -0.496 e. The third kappa shape index (κ3) is 7.62. The van der Waals surface area contributed by atoms with Gasteiger partial charge in [0.2, 0.25) is 17.7 Å². The van der Waals surface area contributed by atoms with E-state index in [4.69, 9.17) is 9.47 Å². The second kappa shape index (κ2) is 14.1. The normalized spacial score (nSPS) is 19.5. The molecule has 4 rings (SSSR count). The molecule has 4 N–H and O–H groups in total. The van der Waals surface area contributed by atoms with Gasteiger partial charge in [0.15, 0.2) is 0 Å². The Morgan fingerprint density at radius 3 is 2.60 bits per heavy atom. The first-order valence-corrected chi connectivity index (χ1v) is 13.7. The van der Waals surface area contributed by atoms with Gasteiger partial charge in [0.25, 0.3) is 0 Å². The smallest absolute Gasteiger partial charge is 0.408 e. The highest BCUT2D eigenvalue weighted by Crippen LogP contribution is 2.31. The summed E-state index contributed by atoms with van der Waals surface area (Å²) in [5.74, 6) is -1.07. The predicted octanol–water partition coefficient (Wildman–Crippen LogP) is 1.84. The maximum atomic E-state index is 13.2. The van der Waals surface area contributed by atoms with Crippen molar-refractivity contribution in [3.63, 3.8) is 0 Å². The number of benzene rings is 2. The van der Waals surface area contributed by atoms with Gasteiger partial charge in [-0.25, -0.2) is 4.79 Å². The lowest BCUT2D eigenvalue weighted by Gasteiger charge is -2.23. The first-order valence-electron chi connectivity index (χ1n) is 13.7. The third-order valence-corrected chi connectivity index (χ3v) is 6.87. The molecule has 13 nitrogen and oxygen atoms in total. The summed E-state index contributed by atoms with van der Waals surface area (Å²) in [5, 5.41) is 19.0. The number of rotatable bonds is 5. The van der Waals surface area contributed by atoms with Crippen LogP contribution in [0, 0.1) is 0 Å². The molecule has 1 aromatic heterocycles. The zero-order valence-corrected chi connectivity index (χ0v) is 23.8. The topological polar surface area (TPSA) is 166 Å². The number of methoxy groups -OCH3 is 1. The zero-order chi connectivity index (χ0) is 30.1. The number of hydrogen-bond donors (Lipinski definition) is 4. The molecule has 0 aliphatic carbocycles. The van der Waals surface area contributed by atoms with Crippen LogP contribution in [0.4, 0.5) is 4.79 Å². The summed E-state index contributed by atoms with van der Waals surface area (Å²) in [6.07, 6.45) is 2.50. The number of nitrogens with one attached hydrogen (secondary N) is 4. The molecule has 2 aromatic carbocycles. The van der Waals surface area contributed by atoms with E-state index < -0.39 is 41.9 Å². The van der Waals surface area contributed by atoms with Crippen LogP contribution in [0.15, 0.2) is 54.7 Å². The van der Waals surface area contributed by atoms with Crippen LogP contribution in [0.5, 0.6) is 5.75 Å². The number of fused-ring (bicyclic) bond motifs is 5. The molecule has 0 saturated carbocycles. The molecule has 0 saturated heterocycles. The minimum atomic E-state index is -1.07. The number of carbonyl (C=O) groups excluding carboxylic acids is 4. The summed E-state index contributed by atoms with van der Waals surface area (Å²) in [6.45, 7) is 2.06. The van der Waals surface area contributed by atoms with Crippen molar-refractivity contribution in [3.05, 3.63) is 65.9 Å². The number of hydrogen-bond acceptors (Lipinski definition) is 8. The SMILES string of the molecule is CNC(=O)[C@H]1NC(=O)[C@@H](C)NC(=O)[C@@H](NC(=O)OCc2ccccc2)CCCCn2cc(nn2)-c2cc1ccc2OC. The Labute approximate surface area is 243 Å². The Morgan fingerprint density at radius 2 is 1.86 bits per heavy atom. The number of alkyl carbamates (subject to hydrolysis) is 1. The molecular weight excluding hydrogens is 542 g/mol. The molecule has 4 amide bonds. The molecule has 13 heteroatoms. The van der Waals surface area contributed by atoms with Gasteiger partial charge in [-0.1, -0.05) is 41.6 Å². The highest BCUT2D eigenvalue weighted by molar-refractivity contribution is 5.94. The number of ether oxygens (including phenoxy) is 2. The van der Waals surface area contributed by atoms with Gasteiger partial charge < -0.3 is 30.7 Å². The average molecular weight is 578 g/mol. The van der Waals surface area contributed by atoms with Crippen molar-refractivity contribution < 1.29 is 28.7 Å². The number of aryl methyl sites for hydroxylation is 1. The summed E-state index contributed by atoms with van der Waals surface area (Å²) in [6, 6.07) is 11.2. The molecule has 4 bridgehead atoms. The van der Waals surface area contributed by atoms with E-state index in [1.807, 2.05) is 30.3 Å². The van der Waals surface area contributed by atoms with Crippen molar-refractivity contribution in [2.24, 2.45) is 0 Å². The molecule has 0 spiro atoms. The van der Waals surface area contributed by atoms with Gasteiger partial charge in [-0.15, -0.1) is 5.10 Å². The number of carbonyl (C=O) groups is 4. The van der Waals surface area contributed by atoms with E-state index in [-0.39, 0.29) is 13.0 Å². The first-order chi connectivity index (χ1) is 20.3. The van der Waals surface area contributed by atoms with E-state index in [1.165, 1.54) is 21.1 Å². The van der Waals surface area contributed by atoms with Crippen LogP contribution in [-0.2, 0) is 32.3 Å². The van der Waals surface area contributed by atoms with Crippen LogP contribution in [-0.4, -0.2) is 65.0 Å². The summed E-state index contributed by atoms with van der Waals surface area (Å²) >= 11 is 0. The number of amides is 4. The average Bonchev–Trinajstić information content (AvgIpc) is 3.48. The molecule has 0 fully saturated rings. The Bertz CT molecular complexity index is 1410. The number of likely N-dealkylation sites (N-methyl/N-ethyl adjacent to an activating group) is 1. The van der Waals surface area contributed by atoms with Crippen LogP contribution in [0.25, 0.3) is 11.3 Å². The molecule has 0 radical (unpaired) electrons. The quantitative estimate of drug-likeness (QED) is 0.357. The monoisotopic (exact) mass is 577 g/mol. The Balaban J connectivity index is 1.57. The van der Waals surface area contributed by atoms with Gasteiger partial charge in [0.1, 0.15) is 36.2 Å². The fourth-order valence-electron chi connectivity index (χ4n) is 4.53. The maximum absolute atomic E-state index is 13.2. The fourth-order valence-corrected chi connectivity index (χ4v) is 4.53. The second-order valence-corrected chi connectivity index (χ2v) is 9.87. The lowest BCUT2D eigenvalue weighted by atomic mass is 10.0. The van der Waals surface area contributed by atoms with Crippen molar-refractivity contribution in [1.82, 2.24) is 36.3 Å². The van der Waals surface area contributed by atoms with Crippen molar-refractivity contribution in [1.29, 1.82) is 0 Å². The third-order valence-electron chi connectivity index (χ3n) is 6.87. The molecule has 2 heterocycles. The second-order valence-electron chi connectivity index (χ2n) is 9.87.